The maximum Gasteiger partial charge on any atom is 0.251 e. The van der Waals surface area contributed by atoms with Crippen LogP contribution in [0.2, 0.25) is 0 Å². The molecule has 0 aromatic heterocycles. The lowest BCUT2D eigenvalue weighted by atomic mass is 9.85. The van der Waals surface area contributed by atoms with Crippen molar-refractivity contribution in [3.63, 3.8) is 0 Å². The van der Waals surface area contributed by atoms with Crippen molar-refractivity contribution < 1.29 is 4.79 Å². The van der Waals surface area contributed by atoms with Crippen LogP contribution >= 0.6 is 24.0 Å². The molecule has 0 bridgehead atoms. The summed E-state index contributed by atoms with van der Waals surface area (Å²) in [6.45, 7) is 7.28. The van der Waals surface area contributed by atoms with E-state index in [9.17, 15) is 4.79 Å². The van der Waals surface area contributed by atoms with Gasteiger partial charge < -0.3 is 16.4 Å². The quantitative estimate of drug-likeness (QED) is 0.371. The normalized spacial score (nSPS) is 15.2. The standard InChI is InChI=1S/C18H28N4O.HI/c1-18(2,3)22-16(23)15-9-5-8-14(10-15)12-21-17(19)20-11-13-6-4-7-13;/h5,8-10,13H,4,6-7,11-12H2,1-3H3,(H,22,23)(H3,19,20,21);1H. The maximum atomic E-state index is 12.2. The topological polar surface area (TPSA) is 79.5 Å². The van der Waals surface area contributed by atoms with Gasteiger partial charge in [0.2, 0.25) is 0 Å². The zero-order valence-electron chi connectivity index (χ0n) is 14.8. The van der Waals surface area contributed by atoms with Gasteiger partial charge in [0.15, 0.2) is 5.96 Å². The fraction of sp³-hybridized carbons (Fsp3) is 0.556. The molecule has 24 heavy (non-hydrogen) atoms. The Morgan fingerprint density at radius 2 is 2.04 bits per heavy atom. The van der Waals surface area contributed by atoms with E-state index in [1.54, 1.807) is 0 Å². The number of carbonyl (C=O) groups is 1. The van der Waals surface area contributed by atoms with Gasteiger partial charge in [-0.2, -0.15) is 0 Å². The predicted octanol–water partition coefficient (Wildman–Crippen LogP) is 3.04. The maximum absolute atomic E-state index is 12.2. The van der Waals surface area contributed by atoms with E-state index < -0.39 is 0 Å². The van der Waals surface area contributed by atoms with Gasteiger partial charge in [-0.05, 0) is 57.2 Å². The lowest BCUT2D eigenvalue weighted by molar-refractivity contribution is 0.0919. The van der Waals surface area contributed by atoms with Crippen LogP contribution in [-0.2, 0) is 6.54 Å². The minimum atomic E-state index is -0.249. The molecule has 0 saturated heterocycles. The first-order valence-electron chi connectivity index (χ1n) is 8.29. The van der Waals surface area contributed by atoms with Crippen LogP contribution in [0.25, 0.3) is 0 Å². The molecule has 1 aromatic rings. The van der Waals surface area contributed by atoms with Crippen molar-refractivity contribution in [2.45, 2.75) is 52.1 Å². The van der Waals surface area contributed by atoms with Gasteiger partial charge in [0.1, 0.15) is 0 Å². The molecule has 1 aliphatic carbocycles. The van der Waals surface area contributed by atoms with Gasteiger partial charge in [0.25, 0.3) is 5.91 Å². The van der Waals surface area contributed by atoms with Crippen LogP contribution in [-0.4, -0.2) is 24.0 Å². The first kappa shape index (κ1) is 20.7. The molecule has 0 atom stereocenters. The Morgan fingerprint density at radius 3 is 2.62 bits per heavy atom. The predicted molar refractivity (Wildman–Crippen MR) is 110 cm³/mol. The molecule has 0 aliphatic heterocycles. The second-order valence-electron chi connectivity index (χ2n) is 7.28. The van der Waals surface area contributed by atoms with Crippen molar-refractivity contribution >= 4 is 35.8 Å². The third kappa shape index (κ3) is 7.07. The summed E-state index contributed by atoms with van der Waals surface area (Å²) in [5.74, 6) is 1.15. The Bertz CT molecular complexity index is 577. The highest BCUT2D eigenvalue weighted by molar-refractivity contribution is 14.0. The zero-order valence-corrected chi connectivity index (χ0v) is 17.1. The molecule has 0 radical (unpaired) electrons. The van der Waals surface area contributed by atoms with Gasteiger partial charge in [-0.3, -0.25) is 4.79 Å². The summed E-state index contributed by atoms with van der Waals surface area (Å²) in [4.78, 5) is 16.5. The highest BCUT2D eigenvalue weighted by atomic mass is 127. The third-order valence-electron chi connectivity index (χ3n) is 3.91. The molecule has 6 heteroatoms. The number of rotatable bonds is 5. The van der Waals surface area contributed by atoms with Crippen LogP contribution in [0.1, 0.15) is 56.0 Å². The largest absolute Gasteiger partial charge is 0.370 e. The first-order valence-corrected chi connectivity index (χ1v) is 8.29. The van der Waals surface area contributed by atoms with E-state index >= 15 is 0 Å². The van der Waals surface area contributed by atoms with Crippen molar-refractivity contribution in [3.8, 4) is 0 Å². The third-order valence-corrected chi connectivity index (χ3v) is 3.91. The summed E-state index contributed by atoms with van der Waals surface area (Å²) >= 11 is 0. The van der Waals surface area contributed by atoms with E-state index in [0.29, 0.717) is 18.1 Å². The van der Waals surface area contributed by atoms with E-state index in [0.717, 1.165) is 18.0 Å². The fourth-order valence-electron chi connectivity index (χ4n) is 2.40. The summed E-state index contributed by atoms with van der Waals surface area (Å²) in [5.41, 5.74) is 7.26. The van der Waals surface area contributed by atoms with Gasteiger partial charge in [-0.1, -0.05) is 18.6 Å². The van der Waals surface area contributed by atoms with Crippen LogP contribution in [0.5, 0.6) is 0 Å². The number of hydrogen-bond donors (Lipinski definition) is 3. The number of benzene rings is 1. The SMILES string of the molecule is CC(C)(C)NC(=O)c1cccc(CN=C(N)NCC2CCC2)c1.I. The molecule has 0 unspecified atom stereocenters. The lowest BCUT2D eigenvalue weighted by Gasteiger charge is -2.25. The molecule has 2 rings (SSSR count). The summed E-state index contributed by atoms with van der Waals surface area (Å²) in [7, 11) is 0. The Hall–Kier alpha value is -1.31. The van der Waals surface area contributed by atoms with Crippen LogP contribution in [0.3, 0.4) is 0 Å². The van der Waals surface area contributed by atoms with Crippen molar-refractivity contribution in [1.29, 1.82) is 0 Å². The molecule has 4 N–H and O–H groups in total. The number of guanidine groups is 1. The van der Waals surface area contributed by atoms with E-state index in [1.165, 1.54) is 19.3 Å². The molecule has 1 amide bonds. The Kier molecular flexibility index (Phi) is 7.99. The number of hydrogen-bond acceptors (Lipinski definition) is 2. The summed E-state index contributed by atoms with van der Waals surface area (Å²) in [5, 5.41) is 6.13. The van der Waals surface area contributed by atoms with Gasteiger partial charge in [-0.25, -0.2) is 4.99 Å². The number of halogens is 1. The molecule has 1 aromatic carbocycles. The van der Waals surface area contributed by atoms with E-state index in [-0.39, 0.29) is 35.4 Å². The molecular formula is C18H29IN4O. The fourth-order valence-corrected chi connectivity index (χ4v) is 2.40. The van der Waals surface area contributed by atoms with Crippen molar-refractivity contribution in [2.24, 2.45) is 16.6 Å². The summed E-state index contributed by atoms with van der Waals surface area (Å²) in [6.07, 6.45) is 3.89. The van der Waals surface area contributed by atoms with Crippen LogP contribution < -0.4 is 16.4 Å². The number of carbonyl (C=O) groups excluding carboxylic acids is 1. The average Bonchev–Trinajstić information content (AvgIpc) is 2.42. The van der Waals surface area contributed by atoms with Crippen molar-refractivity contribution in [1.82, 2.24) is 10.6 Å². The molecule has 1 aliphatic rings. The molecule has 134 valence electrons. The molecule has 0 spiro atoms. The van der Waals surface area contributed by atoms with Gasteiger partial charge >= 0.3 is 0 Å². The van der Waals surface area contributed by atoms with Crippen LogP contribution in [0, 0.1) is 5.92 Å². The highest BCUT2D eigenvalue weighted by Crippen LogP contribution is 2.24. The van der Waals surface area contributed by atoms with Gasteiger partial charge in [0.05, 0.1) is 6.54 Å². The molecule has 5 nitrogen and oxygen atoms in total. The summed E-state index contributed by atoms with van der Waals surface area (Å²) < 4.78 is 0. The lowest BCUT2D eigenvalue weighted by Crippen LogP contribution is -2.40. The van der Waals surface area contributed by atoms with Crippen LogP contribution in [0.4, 0.5) is 0 Å². The van der Waals surface area contributed by atoms with Crippen molar-refractivity contribution in [3.05, 3.63) is 35.4 Å². The van der Waals surface area contributed by atoms with E-state index in [1.807, 2.05) is 45.0 Å². The second kappa shape index (κ2) is 9.25. The highest BCUT2D eigenvalue weighted by Gasteiger charge is 2.17. The molecular weight excluding hydrogens is 415 g/mol. The number of aliphatic imine (C=N–C) groups is 1. The zero-order chi connectivity index (χ0) is 16.9. The number of nitrogens with two attached hydrogens (primary N) is 1. The molecule has 1 saturated carbocycles. The van der Waals surface area contributed by atoms with Crippen LogP contribution in [0.15, 0.2) is 29.3 Å². The number of nitrogens with one attached hydrogen (secondary N) is 2. The minimum Gasteiger partial charge on any atom is -0.370 e. The molecule has 1 fully saturated rings. The summed E-state index contributed by atoms with van der Waals surface area (Å²) in [6, 6.07) is 7.51. The van der Waals surface area contributed by atoms with E-state index in [2.05, 4.69) is 15.6 Å². The Morgan fingerprint density at radius 1 is 1.33 bits per heavy atom. The second-order valence-corrected chi connectivity index (χ2v) is 7.28. The van der Waals surface area contributed by atoms with Crippen molar-refractivity contribution in [2.75, 3.05) is 6.54 Å². The van der Waals surface area contributed by atoms with E-state index in [4.69, 9.17) is 5.73 Å². The smallest absolute Gasteiger partial charge is 0.251 e. The minimum absolute atomic E-state index is 0. The number of nitrogens with zero attached hydrogens (tertiary/aromatic N) is 1. The monoisotopic (exact) mass is 444 g/mol. The van der Waals surface area contributed by atoms with Gasteiger partial charge in [-0.15, -0.1) is 24.0 Å². The number of amides is 1. The Balaban J connectivity index is 0.00000288. The first-order chi connectivity index (χ1) is 10.8. The molecule has 0 heterocycles. The average molecular weight is 444 g/mol. The van der Waals surface area contributed by atoms with Gasteiger partial charge in [0, 0.05) is 17.6 Å². The Labute approximate surface area is 161 Å².